The number of rotatable bonds is 3. The van der Waals surface area contributed by atoms with E-state index >= 15 is 0 Å². The van der Waals surface area contributed by atoms with E-state index in [1.807, 2.05) is 25.5 Å². The fourth-order valence-corrected chi connectivity index (χ4v) is 2.47. The Kier molecular flexibility index (Phi) is 4.19. The average Bonchev–Trinajstić information content (AvgIpc) is 2.11. The smallest absolute Gasteiger partial charge is 0.283 e. The molecule has 0 aromatic heterocycles. The highest BCUT2D eigenvalue weighted by atomic mass is 32.2. The highest BCUT2D eigenvalue weighted by Gasteiger charge is 2.35. The van der Waals surface area contributed by atoms with Crippen molar-refractivity contribution in [2.45, 2.75) is 32.4 Å². The summed E-state index contributed by atoms with van der Waals surface area (Å²) in [5, 5.41) is 0. The molecular formula is C12H16F3NO2S. The van der Waals surface area contributed by atoms with E-state index in [0.717, 1.165) is 5.56 Å². The second-order valence-electron chi connectivity index (χ2n) is 5.31. The van der Waals surface area contributed by atoms with Crippen LogP contribution in [0.3, 0.4) is 0 Å². The van der Waals surface area contributed by atoms with Gasteiger partial charge in [0.1, 0.15) is 0 Å². The van der Waals surface area contributed by atoms with E-state index in [9.17, 15) is 21.6 Å². The Balaban J connectivity index is 2.95. The molecule has 0 bridgehead atoms. The number of hydrogen-bond acceptors (Lipinski definition) is 2. The Morgan fingerprint density at radius 2 is 1.74 bits per heavy atom. The van der Waals surface area contributed by atoms with Gasteiger partial charge < -0.3 is 0 Å². The van der Waals surface area contributed by atoms with Crippen molar-refractivity contribution in [1.29, 1.82) is 0 Å². The Morgan fingerprint density at radius 3 is 2.21 bits per heavy atom. The molecule has 0 fully saturated rings. The molecule has 7 heteroatoms. The van der Waals surface area contributed by atoms with Gasteiger partial charge in [-0.25, -0.2) is 8.42 Å². The summed E-state index contributed by atoms with van der Waals surface area (Å²) in [5.74, 6) is -1.89. The Labute approximate surface area is 110 Å². The van der Waals surface area contributed by atoms with Crippen molar-refractivity contribution in [3.05, 3.63) is 29.8 Å². The topological polar surface area (TPSA) is 46.2 Å². The first-order valence-corrected chi connectivity index (χ1v) is 7.22. The summed E-state index contributed by atoms with van der Waals surface area (Å²) in [5.41, 5.74) is 0.752. The molecule has 0 spiro atoms. The molecule has 0 aliphatic rings. The third kappa shape index (κ3) is 5.50. The molecule has 0 unspecified atom stereocenters. The first-order valence-electron chi connectivity index (χ1n) is 5.57. The Morgan fingerprint density at radius 1 is 1.16 bits per heavy atom. The van der Waals surface area contributed by atoms with Crippen LogP contribution >= 0.6 is 0 Å². The summed E-state index contributed by atoms with van der Waals surface area (Å²) in [6.45, 7) is 5.78. The standard InChI is InChI=1S/C12H16F3NO2S/c1-11(2,3)9-5-4-6-10(7-9)16-19(17,18)8-12(13,14)15/h4-7,16H,8H2,1-3H3. The molecule has 1 N–H and O–H groups in total. The monoisotopic (exact) mass is 295 g/mol. The van der Waals surface area contributed by atoms with Gasteiger partial charge in [-0.2, -0.15) is 13.2 Å². The zero-order valence-corrected chi connectivity index (χ0v) is 11.7. The van der Waals surface area contributed by atoms with Crippen LogP contribution in [0.25, 0.3) is 0 Å². The van der Waals surface area contributed by atoms with E-state index in [-0.39, 0.29) is 11.1 Å². The second-order valence-corrected chi connectivity index (χ2v) is 7.03. The molecule has 0 saturated carbocycles. The van der Waals surface area contributed by atoms with Crippen LogP contribution in [0.1, 0.15) is 26.3 Å². The molecule has 0 aliphatic carbocycles. The lowest BCUT2D eigenvalue weighted by atomic mass is 9.87. The van der Waals surface area contributed by atoms with Crippen molar-refractivity contribution in [2.24, 2.45) is 0 Å². The first-order chi connectivity index (χ1) is 8.39. The van der Waals surface area contributed by atoms with Crippen molar-refractivity contribution in [3.8, 4) is 0 Å². The molecular weight excluding hydrogens is 279 g/mol. The van der Waals surface area contributed by atoms with E-state index in [4.69, 9.17) is 0 Å². The minimum Gasteiger partial charge on any atom is -0.283 e. The van der Waals surface area contributed by atoms with E-state index in [0.29, 0.717) is 0 Å². The summed E-state index contributed by atoms with van der Waals surface area (Å²) in [6, 6.07) is 6.35. The number of halogens is 3. The fraction of sp³-hybridized carbons (Fsp3) is 0.500. The molecule has 3 nitrogen and oxygen atoms in total. The maximum Gasteiger partial charge on any atom is 0.404 e. The molecule has 0 atom stereocenters. The van der Waals surface area contributed by atoms with Crippen LogP contribution in [0.4, 0.5) is 18.9 Å². The molecule has 1 rings (SSSR count). The lowest BCUT2D eigenvalue weighted by Gasteiger charge is -2.20. The van der Waals surface area contributed by atoms with Gasteiger partial charge in [-0.1, -0.05) is 32.9 Å². The molecule has 19 heavy (non-hydrogen) atoms. The number of hydrogen-bond donors (Lipinski definition) is 1. The quantitative estimate of drug-likeness (QED) is 0.930. The third-order valence-corrected chi connectivity index (χ3v) is 3.61. The van der Waals surface area contributed by atoms with Gasteiger partial charge in [0.25, 0.3) is 0 Å². The van der Waals surface area contributed by atoms with Crippen LogP contribution in [0.5, 0.6) is 0 Å². The lowest BCUT2D eigenvalue weighted by Crippen LogP contribution is -2.28. The Hall–Kier alpha value is -1.24. The first kappa shape index (κ1) is 15.8. The number of nitrogens with one attached hydrogen (secondary N) is 1. The summed E-state index contributed by atoms with van der Waals surface area (Å²) in [6.07, 6.45) is -4.76. The van der Waals surface area contributed by atoms with Crippen molar-refractivity contribution >= 4 is 15.7 Å². The molecule has 0 saturated heterocycles. The summed E-state index contributed by atoms with van der Waals surface area (Å²) in [7, 11) is -4.43. The van der Waals surface area contributed by atoms with Gasteiger partial charge in [0.15, 0.2) is 5.75 Å². The maximum atomic E-state index is 12.1. The van der Waals surface area contributed by atoms with Crippen molar-refractivity contribution in [1.82, 2.24) is 0 Å². The fourth-order valence-electron chi connectivity index (χ4n) is 1.48. The average molecular weight is 295 g/mol. The zero-order valence-electron chi connectivity index (χ0n) is 10.9. The molecule has 0 aliphatic heterocycles. The van der Waals surface area contributed by atoms with Crippen LogP contribution in [0, 0.1) is 0 Å². The maximum absolute atomic E-state index is 12.1. The van der Waals surface area contributed by atoms with Crippen molar-refractivity contribution in [3.63, 3.8) is 0 Å². The van der Waals surface area contributed by atoms with Crippen LogP contribution in [-0.4, -0.2) is 20.3 Å². The minimum absolute atomic E-state index is 0.136. The molecule has 0 radical (unpaired) electrons. The Bertz CT molecular complexity index is 545. The highest BCUT2D eigenvalue weighted by molar-refractivity contribution is 7.92. The van der Waals surface area contributed by atoms with Crippen molar-refractivity contribution < 1.29 is 21.6 Å². The van der Waals surface area contributed by atoms with Gasteiger partial charge in [-0.15, -0.1) is 0 Å². The molecule has 1 aromatic carbocycles. The van der Waals surface area contributed by atoms with E-state index in [2.05, 4.69) is 0 Å². The molecule has 0 heterocycles. The van der Waals surface area contributed by atoms with Gasteiger partial charge in [0, 0.05) is 5.69 Å². The number of benzene rings is 1. The van der Waals surface area contributed by atoms with E-state index in [1.54, 1.807) is 12.1 Å². The molecule has 108 valence electrons. The van der Waals surface area contributed by atoms with Crippen LogP contribution in [-0.2, 0) is 15.4 Å². The second kappa shape index (κ2) is 5.03. The SMILES string of the molecule is CC(C)(C)c1cccc(NS(=O)(=O)CC(F)(F)F)c1. The predicted molar refractivity (Wildman–Crippen MR) is 68.6 cm³/mol. The zero-order chi connectivity index (χ0) is 14.9. The number of alkyl halides is 3. The van der Waals surface area contributed by atoms with Crippen LogP contribution < -0.4 is 4.72 Å². The number of anilines is 1. The van der Waals surface area contributed by atoms with Crippen molar-refractivity contribution in [2.75, 3.05) is 10.5 Å². The highest BCUT2D eigenvalue weighted by Crippen LogP contribution is 2.25. The predicted octanol–water partition coefficient (Wildman–Crippen LogP) is 3.29. The van der Waals surface area contributed by atoms with E-state index in [1.165, 1.54) is 12.1 Å². The largest absolute Gasteiger partial charge is 0.404 e. The summed E-state index contributed by atoms with van der Waals surface area (Å²) in [4.78, 5) is 0. The normalized spacial score (nSPS) is 13.4. The third-order valence-electron chi connectivity index (χ3n) is 2.36. The molecule has 0 amide bonds. The molecule has 1 aromatic rings. The summed E-state index contributed by atoms with van der Waals surface area (Å²) < 4.78 is 60.9. The van der Waals surface area contributed by atoms with Gasteiger partial charge >= 0.3 is 6.18 Å². The van der Waals surface area contributed by atoms with Gasteiger partial charge in [-0.3, -0.25) is 4.72 Å². The van der Waals surface area contributed by atoms with Gasteiger partial charge in [0.05, 0.1) is 0 Å². The van der Waals surface area contributed by atoms with Crippen LogP contribution in [0.2, 0.25) is 0 Å². The minimum atomic E-state index is -4.76. The van der Waals surface area contributed by atoms with Gasteiger partial charge in [0.2, 0.25) is 10.0 Å². The van der Waals surface area contributed by atoms with Gasteiger partial charge in [-0.05, 0) is 23.1 Å². The van der Waals surface area contributed by atoms with Crippen LogP contribution in [0.15, 0.2) is 24.3 Å². The summed E-state index contributed by atoms with van der Waals surface area (Å²) >= 11 is 0. The lowest BCUT2D eigenvalue weighted by molar-refractivity contribution is -0.106. The van der Waals surface area contributed by atoms with E-state index < -0.39 is 22.0 Å². The number of sulfonamides is 1.